The molecule has 0 fully saturated rings. The quantitative estimate of drug-likeness (QED) is 0.486. The van der Waals surface area contributed by atoms with Crippen molar-refractivity contribution in [1.82, 2.24) is 0 Å². The normalized spacial score (nSPS) is 19.9. The van der Waals surface area contributed by atoms with Crippen LogP contribution in [0.5, 0.6) is 11.5 Å². The van der Waals surface area contributed by atoms with Gasteiger partial charge in [-0.25, -0.2) is 0 Å². The van der Waals surface area contributed by atoms with Gasteiger partial charge in [0, 0.05) is 24.1 Å². The molecule has 0 saturated heterocycles. The second-order valence-corrected chi connectivity index (χ2v) is 7.14. The first-order valence-electron chi connectivity index (χ1n) is 8.42. The van der Waals surface area contributed by atoms with Crippen LogP contribution < -0.4 is 23.5 Å². The Morgan fingerprint density at radius 3 is 2.38 bits per heavy atom. The lowest BCUT2D eigenvalue weighted by Gasteiger charge is -2.34. The molecule has 0 aliphatic carbocycles. The second kappa shape index (κ2) is 6.87. The first-order chi connectivity index (χ1) is 13.7. The fourth-order valence-electron chi connectivity index (χ4n) is 3.23. The summed E-state index contributed by atoms with van der Waals surface area (Å²) in [6.45, 7) is 1.75. The summed E-state index contributed by atoms with van der Waals surface area (Å²) in [5.74, 6) is -1.09. The molecule has 0 saturated carbocycles. The third kappa shape index (κ3) is 3.48. The summed E-state index contributed by atoms with van der Waals surface area (Å²) >= 11 is 0. The van der Waals surface area contributed by atoms with E-state index in [-0.39, 0.29) is 23.6 Å². The summed E-state index contributed by atoms with van der Waals surface area (Å²) in [5.41, 5.74) is 0.530. The Labute approximate surface area is 166 Å². The van der Waals surface area contributed by atoms with E-state index in [9.17, 15) is 24.1 Å². The van der Waals surface area contributed by atoms with E-state index in [0.717, 1.165) is 12.1 Å². The largest absolute Gasteiger partial charge is 0.454 e. The third-order valence-electron chi connectivity index (χ3n) is 4.50. The van der Waals surface area contributed by atoms with Crippen LogP contribution in [-0.2, 0) is 14.8 Å². The van der Waals surface area contributed by atoms with E-state index >= 15 is 0 Å². The van der Waals surface area contributed by atoms with Crippen LogP contribution in [0, 0.1) is 20.4 Å². The molecular weight excluding hydrogens is 410 g/mol. The number of fused-ring (bicyclic) bond motifs is 2. The van der Waals surface area contributed by atoms with E-state index in [0.29, 0.717) is 29.2 Å². The predicted molar refractivity (Wildman–Crippen MR) is 86.9 cm³/mol. The molecule has 0 spiro atoms. The first kappa shape index (κ1) is 19.4. The molecule has 2 aliphatic heterocycles. The summed E-state index contributed by atoms with van der Waals surface area (Å²) < 4.78 is 56.4. The van der Waals surface area contributed by atoms with Crippen molar-refractivity contribution in [3.8, 4) is 11.5 Å². The molecule has 29 heavy (non-hydrogen) atoms. The maximum absolute atomic E-state index is 11.6. The van der Waals surface area contributed by atoms with Crippen molar-refractivity contribution < 1.29 is 47.6 Å². The molecule has 2 heterocycles. The Morgan fingerprint density at radius 1 is 1.14 bits per heavy atom. The van der Waals surface area contributed by atoms with Crippen LogP contribution in [0.2, 0.25) is 0 Å². The SMILES string of the molecule is CCC1=Cc2cc3c(cc2C(O[Cl+3]([O-])([O-])[O-])(c2ccc([N+](=O)[O-])cc2)O1)OCO3. The maximum Gasteiger partial charge on any atom is 0.415 e. The Bertz CT molecular complexity index is 1000. The zero-order chi connectivity index (χ0) is 20.8. The standard InChI is InChI=1S/C18H14ClNO9/c1-2-14-7-11-8-16-17(27-10-26-16)9-15(11)18(28-14,29-19(21,22)23)12-3-5-13(6-4-12)20(24)25/h3-9H,2,10H2,1H3. The molecule has 2 aromatic rings. The molecule has 2 aromatic carbocycles. The molecule has 4 rings (SSSR count). The minimum absolute atomic E-state index is 0.0209. The lowest BCUT2D eigenvalue weighted by atomic mass is 9.90. The summed E-state index contributed by atoms with van der Waals surface area (Å²) in [6.07, 6.45) is 2.03. The number of rotatable bonds is 5. The van der Waals surface area contributed by atoms with Crippen LogP contribution in [0.25, 0.3) is 6.08 Å². The lowest BCUT2D eigenvalue weighted by molar-refractivity contribution is -1.92. The molecule has 0 aromatic heterocycles. The van der Waals surface area contributed by atoms with E-state index in [4.69, 9.17) is 18.5 Å². The third-order valence-corrected chi connectivity index (χ3v) is 4.91. The average molecular weight is 424 g/mol. The van der Waals surface area contributed by atoms with Crippen molar-refractivity contribution in [2.45, 2.75) is 19.1 Å². The summed E-state index contributed by atoms with van der Waals surface area (Å²) in [4.78, 5) is 10.4. The van der Waals surface area contributed by atoms with Crippen LogP contribution in [0.3, 0.4) is 0 Å². The minimum Gasteiger partial charge on any atom is -0.454 e. The van der Waals surface area contributed by atoms with Gasteiger partial charge in [0.25, 0.3) is 5.69 Å². The number of allylic oxidation sites excluding steroid dienone is 1. The molecule has 0 N–H and O–H groups in total. The van der Waals surface area contributed by atoms with Gasteiger partial charge in [0.1, 0.15) is 10.0 Å². The average Bonchev–Trinajstić information content (AvgIpc) is 3.12. The van der Waals surface area contributed by atoms with Crippen LogP contribution in [-0.4, -0.2) is 11.7 Å². The Kier molecular flexibility index (Phi) is 4.60. The Balaban J connectivity index is 1.95. The zero-order valence-electron chi connectivity index (χ0n) is 15.0. The van der Waals surface area contributed by atoms with Crippen molar-refractivity contribution in [1.29, 1.82) is 0 Å². The summed E-state index contributed by atoms with van der Waals surface area (Å²) in [6, 6.07) is 7.94. The fraction of sp³-hybridized carbons (Fsp3) is 0.222. The number of nitro groups is 1. The van der Waals surface area contributed by atoms with Gasteiger partial charge in [-0.15, -0.1) is 0 Å². The van der Waals surface area contributed by atoms with E-state index < -0.39 is 21.0 Å². The topological polar surface area (TPSA) is 149 Å². The molecule has 1 unspecified atom stereocenters. The van der Waals surface area contributed by atoms with E-state index in [1.807, 2.05) is 0 Å². The van der Waals surface area contributed by atoms with Gasteiger partial charge < -0.3 is 14.2 Å². The number of ether oxygens (including phenoxy) is 3. The van der Waals surface area contributed by atoms with E-state index in [2.05, 4.69) is 0 Å². The van der Waals surface area contributed by atoms with E-state index in [1.54, 1.807) is 19.1 Å². The predicted octanol–water partition coefficient (Wildman–Crippen LogP) is 0.220. The van der Waals surface area contributed by atoms with Crippen LogP contribution in [0.4, 0.5) is 5.69 Å². The summed E-state index contributed by atoms with van der Waals surface area (Å²) in [7, 11) is -4.94. The smallest absolute Gasteiger partial charge is 0.415 e. The molecular formula is C18H14ClNO9. The van der Waals surface area contributed by atoms with Gasteiger partial charge in [-0.1, -0.05) is 6.92 Å². The van der Waals surface area contributed by atoms with Gasteiger partial charge in [0.2, 0.25) is 6.79 Å². The van der Waals surface area contributed by atoms with Crippen molar-refractivity contribution in [2.24, 2.45) is 0 Å². The van der Waals surface area contributed by atoms with Gasteiger partial charge in [-0.05, 0) is 35.9 Å². The highest BCUT2D eigenvalue weighted by Gasteiger charge is 2.56. The van der Waals surface area contributed by atoms with Crippen molar-refractivity contribution in [3.05, 3.63) is 69.0 Å². The van der Waals surface area contributed by atoms with Crippen molar-refractivity contribution >= 4 is 11.8 Å². The lowest BCUT2D eigenvalue weighted by Crippen LogP contribution is -2.64. The number of nitrogens with zero attached hydrogens (tertiary/aromatic N) is 1. The van der Waals surface area contributed by atoms with Gasteiger partial charge in [0.15, 0.2) is 11.5 Å². The minimum atomic E-state index is -4.94. The Hall–Kier alpha value is -2.89. The number of benzene rings is 2. The van der Waals surface area contributed by atoms with Gasteiger partial charge in [0.05, 0.1) is 20.7 Å². The maximum atomic E-state index is 11.6. The van der Waals surface area contributed by atoms with Gasteiger partial charge in [-0.2, -0.15) is 14.0 Å². The monoisotopic (exact) mass is 423 g/mol. The Morgan fingerprint density at radius 2 is 1.79 bits per heavy atom. The highest BCUT2D eigenvalue weighted by atomic mass is 35.7. The molecule has 10 nitrogen and oxygen atoms in total. The zero-order valence-corrected chi connectivity index (χ0v) is 15.7. The molecule has 152 valence electrons. The number of non-ortho nitro benzene ring substituents is 1. The van der Waals surface area contributed by atoms with Gasteiger partial charge >= 0.3 is 5.79 Å². The molecule has 0 radical (unpaired) electrons. The number of halogens is 1. The van der Waals surface area contributed by atoms with Gasteiger partial charge in [-0.3, -0.25) is 10.1 Å². The highest BCUT2D eigenvalue weighted by Crippen LogP contribution is 2.48. The first-order valence-corrected chi connectivity index (χ1v) is 9.65. The van der Waals surface area contributed by atoms with Crippen LogP contribution in [0.15, 0.2) is 42.2 Å². The van der Waals surface area contributed by atoms with E-state index in [1.165, 1.54) is 18.2 Å². The number of hydrogen-bond donors (Lipinski definition) is 0. The number of nitro benzene ring substituents is 1. The van der Waals surface area contributed by atoms with Crippen LogP contribution >= 0.6 is 0 Å². The molecule has 11 heteroatoms. The summed E-state index contributed by atoms with van der Waals surface area (Å²) in [5, 5.41) is 11.0. The fourth-order valence-corrected chi connectivity index (χ4v) is 3.70. The second-order valence-electron chi connectivity index (χ2n) is 6.23. The number of hydrogen-bond acceptors (Lipinski definition) is 9. The van der Waals surface area contributed by atoms with Crippen LogP contribution in [0.1, 0.15) is 30.0 Å². The molecule has 0 bridgehead atoms. The molecule has 0 amide bonds. The van der Waals surface area contributed by atoms with Crippen molar-refractivity contribution in [2.75, 3.05) is 6.79 Å². The molecule has 1 atom stereocenters. The highest BCUT2D eigenvalue weighted by molar-refractivity contribution is 5.66. The molecule has 2 aliphatic rings. The van der Waals surface area contributed by atoms with Crippen molar-refractivity contribution in [3.63, 3.8) is 0 Å².